The van der Waals surface area contributed by atoms with E-state index >= 15 is 0 Å². The molecule has 31 heavy (non-hydrogen) atoms. The van der Waals surface area contributed by atoms with Crippen LogP contribution in [0.15, 0.2) is 46.3 Å². The van der Waals surface area contributed by atoms with Gasteiger partial charge in [-0.3, -0.25) is 4.79 Å². The second-order valence-corrected chi connectivity index (χ2v) is 8.90. The summed E-state index contributed by atoms with van der Waals surface area (Å²) >= 11 is 4.73. The maximum atomic E-state index is 12.7. The molecule has 7 heteroatoms. The van der Waals surface area contributed by atoms with Crippen molar-refractivity contribution in [3.8, 4) is 16.9 Å². The number of aryl methyl sites for hydroxylation is 3. The molecule has 0 aliphatic rings. The van der Waals surface area contributed by atoms with Crippen LogP contribution in [0.2, 0.25) is 0 Å². The SMILES string of the molecule is CCOC(=O)c1c(-c2ccc(C)cc2C)csc1NC(=O)COc1ccc(C)cc1Br. The van der Waals surface area contributed by atoms with Crippen LogP contribution < -0.4 is 10.1 Å². The summed E-state index contributed by atoms with van der Waals surface area (Å²) in [5, 5.41) is 5.13. The number of rotatable bonds is 7. The van der Waals surface area contributed by atoms with Gasteiger partial charge in [-0.1, -0.05) is 29.8 Å². The highest BCUT2D eigenvalue weighted by Gasteiger charge is 2.23. The minimum absolute atomic E-state index is 0.180. The molecule has 0 saturated heterocycles. The highest BCUT2D eigenvalue weighted by Crippen LogP contribution is 2.38. The molecule has 1 aromatic heterocycles. The molecule has 0 aliphatic heterocycles. The van der Waals surface area contributed by atoms with Crippen LogP contribution in [0.3, 0.4) is 0 Å². The van der Waals surface area contributed by atoms with Crippen LogP contribution in [-0.4, -0.2) is 25.1 Å². The quantitative estimate of drug-likeness (QED) is 0.386. The van der Waals surface area contributed by atoms with Gasteiger partial charge in [-0.25, -0.2) is 4.79 Å². The van der Waals surface area contributed by atoms with E-state index in [1.165, 1.54) is 11.3 Å². The van der Waals surface area contributed by atoms with Gasteiger partial charge in [0.25, 0.3) is 5.91 Å². The van der Waals surface area contributed by atoms with Gasteiger partial charge >= 0.3 is 5.97 Å². The number of nitrogens with one attached hydrogen (secondary N) is 1. The number of esters is 1. The van der Waals surface area contributed by atoms with Gasteiger partial charge < -0.3 is 14.8 Å². The van der Waals surface area contributed by atoms with E-state index < -0.39 is 5.97 Å². The van der Waals surface area contributed by atoms with E-state index in [0.717, 1.165) is 32.3 Å². The van der Waals surface area contributed by atoms with Gasteiger partial charge in [-0.15, -0.1) is 11.3 Å². The van der Waals surface area contributed by atoms with Gasteiger partial charge in [0.05, 0.1) is 11.1 Å². The van der Waals surface area contributed by atoms with Crippen LogP contribution in [0.5, 0.6) is 5.75 Å². The van der Waals surface area contributed by atoms with Crippen molar-refractivity contribution < 1.29 is 19.1 Å². The van der Waals surface area contributed by atoms with Crippen molar-refractivity contribution in [2.24, 2.45) is 0 Å². The molecule has 0 unspecified atom stereocenters. The van der Waals surface area contributed by atoms with Crippen LogP contribution in [-0.2, 0) is 9.53 Å². The van der Waals surface area contributed by atoms with Gasteiger partial charge in [-0.2, -0.15) is 0 Å². The van der Waals surface area contributed by atoms with Crippen LogP contribution in [0, 0.1) is 20.8 Å². The van der Waals surface area contributed by atoms with Gasteiger partial charge in [-0.05, 0) is 72.4 Å². The van der Waals surface area contributed by atoms with E-state index in [0.29, 0.717) is 16.3 Å². The number of carbonyl (C=O) groups is 2. The fraction of sp³-hybridized carbons (Fsp3) is 0.250. The minimum Gasteiger partial charge on any atom is -0.483 e. The number of benzene rings is 2. The molecule has 2 aromatic carbocycles. The van der Waals surface area contributed by atoms with Crippen LogP contribution in [0.1, 0.15) is 34.0 Å². The summed E-state index contributed by atoms with van der Waals surface area (Å²) in [5.41, 5.74) is 5.32. The van der Waals surface area contributed by atoms with Crippen LogP contribution in [0.25, 0.3) is 11.1 Å². The van der Waals surface area contributed by atoms with Crippen LogP contribution >= 0.6 is 27.3 Å². The van der Waals surface area contributed by atoms with E-state index in [-0.39, 0.29) is 19.1 Å². The summed E-state index contributed by atoms with van der Waals surface area (Å²) in [5.74, 6) is -0.239. The summed E-state index contributed by atoms with van der Waals surface area (Å²) in [6.07, 6.45) is 0. The zero-order valence-corrected chi connectivity index (χ0v) is 20.3. The number of carbonyl (C=O) groups excluding carboxylic acids is 2. The average Bonchev–Trinajstić information content (AvgIpc) is 3.10. The van der Waals surface area contributed by atoms with Gasteiger partial charge in [0, 0.05) is 10.9 Å². The number of halogens is 1. The Morgan fingerprint density at radius 2 is 1.74 bits per heavy atom. The van der Waals surface area contributed by atoms with Crippen molar-refractivity contribution >= 4 is 44.1 Å². The standard InChI is InChI=1S/C24H24BrNO4S/c1-5-29-24(28)22-18(17-8-6-14(2)10-16(17)4)13-31-23(22)26-21(27)12-30-20-9-7-15(3)11-19(20)25/h6-11,13H,5,12H2,1-4H3,(H,26,27). The molecular weight excluding hydrogens is 478 g/mol. The Labute approximate surface area is 194 Å². The van der Waals surface area contributed by atoms with Gasteiger partial charge in [0.2, 0.25) is 0 Å². The van der Waals surface area contributed by atoms with E-state index in [1.54, 1.807) is 13.0 Å². The maximum absolute atomic E-state index is 12.7. The number of hydrogen-bond donors (Lipinski definition) is 1. The number of anilines is 1. The molecule has 1 heterocycles. The van der Waals surface area contributed by atoms with E-state index in [2.05, 4.69) is 27.3 Å². The molecule has 0 atom stereocenters. The molecule has 0 fully saturated rings. The number of hydrogen-bond acceptors (Lipinski definition) is 5. The lowest BCUT2D eigenvalue weighted by Gasteiger charge is -2.12. The third-order valence-corrected chi connectivity index (χ3v) is 6.16. The lowest BCUT2D eigenvalue weighted by Crippen LogP contribution is -2.21. The summed E-state index contributed by atoms with van der Waals surface area (Å²) in [6.45, 7) is 7.82. The first-order valence-electron chi connectivity index (χ1n) is 9.85. The molecule has 1 amide bonds. The van der Waals surface area contributed by atoms with Gasteiger partial charge in [0.1, 0.15) is 16.3 Å². The third kappa shape index (κ3) is 5.54. The number of thiophene rings is 1. The lowest BCUT2D eigenvalue weighted by atomic mass is 9.97. The lowest BCUT2D eigenvalue weighted by molar-refractivity contribution is -0.118. The topological polar surface area (TPSA) is 64.6 Å². The van der Waals surface area contributed by atoms with Crippen molar-refractivity contribution in [3.05, 3.63) is 68.5 Å². The predicted octanol–water partition coefficient (Wildman–Crippen LogP) is 6.30. The van der Waals surface area contributed by atoms with Crippen molar-refractivity contribution in [2.75, 3.05) is 18.5 Å². The summed E-state index contributed by atoms with van der Waals surface area (Å²) in [7, 11) is 0. The number of ether oxygens (including phenoxy) is 2. The Balaban J connectivity index is 1.84. The molecule has 3 aromatic rings. The van der Waals surface area contributed by atoms with E-state index in [4.69, 9.17) is 9.47 Å². The maximum Gasteiger partial charge on any atom is 0.341 e. The largest absolute Gasteiger partial charge is 0.483 e. The molecule has 0 spiro atoms. The molecule has 162 valence electrons. The highest BCUT2D eigenvalue weighted by molar-refractivity contribution is 9.10. The van der Waals surface area contributed by atoms with E-state index in [1.807, 2.05) is 50.4 Å². The monoisotopic (exact) mass is 501 g/mol. The summed E-state index contributed by atoms with van der Waals surface area (Å²) < 4.78 is 11.7. The first-order chi connectivity index (χ1) is 14.8. The normalized spacial score (nSPS) is 10.6. The Morgan fingerprint density at radius 3 is 2.42 bits per heavy atom. The zero-order chi connectivity index (χ0) is 22.5. The van der Waals surface area contributed by atoms with Gasteiger partial charge in [0.15, 0.2) is 6.61 Å². The first kappa shape index (κ1) is 23.0. The Hall–Kier alpha value is -2.64. The molecule has 0 radical (unpaired) electrons. The van der Waals surface area contributed by atoms with Crippen molar-refractivity contribution in [1.82, 2.24) is 0 Å². The summed E-state index contributed by atoms with van der Waals surface area (Å²) in [4.78, 5) is 25.3. The van der Waals surface area contributed by atoms with Crippen molar-refractivity contribution in [1.29, 1.82) is 0 Å². The second kappa shape index (κ2) is 10.1. The smallest absolute Gasteiger partial charge is 0.341 e. The number of amides is 1. The Bertz CT molecular complexity index is 1120. The molecular formula is C24H24BrNO4S. The second-order valence-electron chi connectivity index (χ2n) is 7.16. The summed E-state index contributed by atoms with van der Waals surface area (Å²) in [6, 6.07) is 11.7. The Kier molecular flexibility index (Phi) is 7.51. The molecule has 0 saturated carbocycles. The highest BCUT2D eigenvalue weighted by atomic mass is 79.9. The fourth-order valence-electron chi connectivity index (χ4n) is 3.20. The van der Waals surface area contributed by atoms with Crippen molar-refractivity contribution in [2.45, 2.75) is 27.7 Å². The molecule has 1 N–H and O–H groups in total. The first-order valence-corrected chi connectivity index (χ1v) is 11.5. The van der Waals surface area contributed by atoms with Crippen molar-refractivity contribution in [3.63, 3.8) is 0 Å². The Morgan fingerprint density at radius 1 is 1.03 bits per heavy atom. The molecule has 5 nitrogen and oxygen atoms in total. The van der Waals surface area contributed by atoms with E-state index in [9.17, 15) is 9.59 Å². The molecule has 3 rings (SSSR count). The zero-order valence-electron chi connectivity index (χ0n) is 17.9. The van der Waals surface area contributed by atoms with Crippen LogP contribution in [0.4, 0.5) is 5.00 Å². The predicted molar refractivity (Wildman–Crippen MR) is 128 cm³/mol. The average molecular weight is 502 g/mol. The molecule has 0 aliphatic carbocycles. The fourth-order valence-corrected chi connectivity index (χ4v) is 4.77. The third-order valence-electron chi connectivity index (χ3n) is 4.64. The molecule has 0 bridgehead atoms. The minimum atomic E-state index is -0.462.